The van der Waals surface area contributed by atoms with Crippen LogP contribution in [0.4, 0.5) is 0 Å². The van der Waals surface area contributed by atoms with Gasteiger partial charge < -0.3 is 14.2 Å². The van der Waals surface area contributed by atoms with E-state index in [0.717, 1.165) is 21.6 Å². The van der Waals surface area contributed by atoms with Crippen molar-refractivity contribution >= 4 is 38.2 Å². The molecule has 1 atom stereocenters. The summed E-state index contributed by atoms with van der Waals surface area (Å²) in [4.78, 5) is 4.47. The number of hydrazone groups is 1. The van der Waals surface area contributed by atoms with Crippen LogP contribution >= 0.6 is 11.6 Å². The van der Waals surface area contributed by atoms with Gasteiger partial charge in [0, 0.05) is 29.0 Å². The van der Waals surface area contributed by atoms with Crippen LogP contribution in [0.2, 0.25) is 5.15 Å². The van der Waals surface area contributed by atoms with E-state index in [1.807, 2.05) is 24.3 Å². The van der Waals surface area contributed by atoms with Crippen molar-refractivity contribution in [2.75, 3.05) is 27.6 Å². The van der Waals surface area contributed by atoms with E-state index >= 15 is 0 Å². The first-order valence-corrected chi connectivity index (χ1v) is 11.9. The summed E-state index contributed by atoms with van der Waals surface area (Å²) >= 11 is 6.51. The maximum absolute atomic E-state index is 12.6. The number of benzene rings is 2. The van der Waals surface area contributed by atoms with E-state index in [1.165, 1.54) is 0 Å². The highest BCUT2D eigenvalue weighted by Crippen LogP contribution is 2.39. The lowest BCUT2D eigenvalue weighted by atomic mass is 9.99. The van der Waals surface area contributed by atoms with Crippen LogP contribution in [-0.4, -0.2) is 51.1 Å². The minimum Gasteiger partial charge on any atom is -0.497 e. The van der Waals surface area contributed by atoms with Gasteiger partial charge in [0.1, 0.15) is 10.9 Å². The molecule has 0 spiro atoms. The van der Waals surface area contributed by atoms with Gasteiger partial charge in [-0.25, -0.2) is 13.4 Å². The molecule has 2 aromatic carbocycles. The molecule has 0 saturated heterocycles. The predicted molar refractivity (Wildman–Crippen MR) is 123 cm³/mol. The number of nitrogens with zero attached hydrogens (tertiary/aromatic N) is 3. The Hall–Kier alpha value is -3.04. The molecular weight excluding hydrogens is 454 g/mol. The minimum atomic E-state index is -3.67. The average molecular weight is 476 g/mol. The highest BCUT2D eigenvalue weighted by atomic mass is 35.5. The van der Waals surface area contributed by atoms with Crippen molar-refractivity contribution in [3.05, 3.63) is 58.7 Å². The predicted octanol–water partition coefficient (Wildman–Crippen LogP) is 4.02. The van der Waals surface area contributed by atoms with Gasteiger partial charge in [-0.15, -0.1) is 0 Å². The second-order valence-corrected chi connectivity index (χ2v) is 9.50. The Balaban J connectivity index is 1.78. The normalized spacial score (nSPS) is 16.2. The van der Waals surface area contributed by atoms with Gasteiger partial charge in [0.2, 0.25) is 10.0 Å². The monoisotopic (exact) mass is 475 g/mol. The van der Waals surface area contributed by atoms with Crippen LogP contribution in [0.1, 0.15) is 23.6 Å². The standard InChI is InChI=1S/C22H22ClN3O5S/c1-29-15-7-5-13-9-16(22(23)24-17(13)11-15)19-12-18(25-26(19)32(4,27)28)14-6-8-20(30-2)21(10-14)31-3/h5-11,19H,12H2,1-4H3/t19-/m0/s1. The van der Waals surface area contributed by atoms with Crippen molar-refractivity contribution in [1.29, 1.82) is 0 Å². The molecule has 8 nitrogen and oxygen atoms in total. The summed E-state index contributed by atoms with van der Waals surface area (Å²) in [6.07, 6.45) is 1.44. The summed E-state index contributed by atoms with van der Waals surface area (Å²) in [5.41, 5.74) is 2.55. The van der Waals surface area contributed by atoms with Crippen LogP contribution < -0.4 is 14.2 Å². The molecule has 0 radical (unpaired) electrons. The number of hydrogen-bond acceptors (Lipinski definition) is 7. The van der Waals surface area contributed by atoms with Gasteiger partial charge in [0.25, 0.3) is 0 Å². The molecule has 168 valence electrons. The van der Waals surface area contributed by atoms with Crippen LogP contribution in [0, 0.1) is 0 Å². The largest absolute Gasteiger partial charge is 0.497 e. The zero-order chi connectivity index (χ0) is 23.0. The molecular formula is C22H22ClN3O5S. The number of aromatic nitrogens is 1. The fraction of sp³-hybridized carbons (Fsp3) is 0.273. The number of ether oxygens (including phenoxy) is 3. The number of hydrogen-bond donors (Lipinski definition) is 0. The number of fused-ring (bicyclic) bond motifs is 1. The molecule has 0 saturated carbocycles. The van der Waals surface area contributed by atoms with E-state index in [-0.39, 0.29) is 5.15 Å². The highest BCUT2D eigenvalue weighted by molar-refractivity contribution is 7.88. The smallest absolute Gasteiger partial charge is 0.247 e. The lowest BCUT2D eigenvalue weighted by Gasteiger charge is -2.22. The van der Waals surface area contributed by atoms with E-state index in [1.54, 1.807) is 39.5 Å². The van der Waals surface area contributed by atoms with Gasteiger partial charge in [-0.2, -0.15) is 9.52 Å². The van der Waals surface area contributed by atoms with E-state index in [2.05, 4.69) is 10.1 Å². The highest BCUT2D eigenvalue weighted by Gasteiger charge is 2.36. The lowest BCUT2D eigenvalue weighted by molar-refractivity contribution is 0.355. The van der Waals surface area contributed by atoms with Gasteiger partial charge in [-0.1, -0.05) is 11.6 Å². The number of methoxy groups -OCH3 is 3. The first-order valence-electron chi connectivity index (χ1n) is 9.68. The summed E-state index contributed by atoms with van der Waals surface area (Å²) in [5.74, 6) is 1.76. The molecule has 1 aliphatic rings. The first-order chi connectivity index (χ1) is 15.2. The van der Waals surface area contributed by atoms with Crippen molar-refractivity contribution in [2.45, 2.75) is 12.5 Å². The summed E-state index contributed by atoms with van der Waals surface area (Å²) in [6.45, 7) is 0. The van der Waals surface area contributed by atoms with Crippen molar-refractivity contribution in [1.82, 2.24) is 9.40 Å². The molecule has 2 heterocycles. The van der Waals surface area contributed by atoms with E-state index in [9.17, 15) is 8.42 Å². The molecule has 0 fully saturated rings. The maximum Gasteiger partial charge on any atom is 0.247 e. The number of rotatable bonds is 6. The Labute approximate surface area is 191 Å². The summed E-state index contributed by atoms with van der Waals surface area (Å²) in [7, 11) is 1.00. The Morgan fingerprint density at radius 2 is 1.75 bits per heavy atom. The van der Waals surface area contributed by atoms with Crippen molar-refractivity contribution in [3.63, 3.8) is 0 Å². The van der Waals surface area contributed by atoms with Crippen LogP contribution in [-0.2, 0) is 10.0 Å². The third-order valence-electron chi connectivity index (χ3n) is 5.29. The zero-order valence-electron chi connectivity index (χ0n) is 18.0. The first kappa shape index (κ1) is 22.2. The minimum absolute atomic E-state index is 0.216. The van der Waals surface area contributed by atoms with Gasteiger partial charge >= 0.3 is 0 Å². The van der Waals surface area contributed by atoms with Crippen molar-refractivity contribution in [3.8, 4) is 17.2 Å². The van der Waals surface area contributed by atoms with Crippen molar-refractivity contribution in [2.24, 2.45) is 5.10 Å². The molecule has 3 aromatic rings. The Bertz CT molecular complexity index is 1330. The molecule has 0 unspecified atom stereocenters. The quantitative estimate of drug-likeness (QED) is 0.500. The number of pyridine rings is 1. The molecule has 10 heteroatoms. The third kappa shape index (κ3) is 4.05. The van der Waals surface area contributed by atoms with Gasteiger partial charge in [0.05, 0.1) is 44.9 Å². The summed E-state index contributed by atoms with van der Waals surface area (Å²) in [5, 5.41) is 5.46. The Morgan fingerprint density at radius 3 is 2.41 bits per heavy atom. The molecule has 0 N–H and O–H groups in total. The molecule has 4 rings (SSSR count). The number of halogens is 1. The fourth-order valence-corrected chi connectivity index (χ4v) is 4.89. The SMILES string of the molecule is COc1ccc2cc([C@@H]3CC(c4ccc(OC)c(OC)c4)=NN3S(C)(=O)=O)c(Cl)nc2c1. The summed E-state index contributed by atoms with van der Waals surface area (Å²) < 4.78 is 42.1. The van der Waals surface area contributed by atoms with Crippen LogP contribution in [0.3, 0.4) is 0 Å². The van der Waals surface area contributed by atoms with Crippen LogP contribution in [0.25, 0.3) is 10.9 Å². The van der Waals surface area contributed by atoms with Crippen molar-refractivity contribution < 1.29 is 22.6 Å². The third-order valence-corrected chi connectivity index (χ3v) is 6.61. The van der Waals surface area contributed by atoms with Crippen LogP contribution in [0.5, 0.6) is 17.2 Å². The van der Waals surface area contributed by atoms with Crippen LogP contribution in [0.15, 0.2) is 47.6 Å². The second kappa shape index (κ2) is 8.48. The van der Waals surface area contributed by atoms with E-state index < -0.39 is 16.1 Å². The molecule has 1 aromatic heterocycles. The Morgan fingerprint density at radius 1 is 1.00 bits per heavy atom. The molecule has 1 aliphatic heterocycles. The summed E-state index contributed by atoms with van der Waals surface area (Å²) in [6, 6.07) is 12.0. The molecule has 0 bridgehead atoms. The van der Waals surface area contributed by atoms with Gasteiger partial charge in [-0.3, -0.25) is 0 Å². The van der Waals surface area contributed by atoms with Gasteiger partial charge in [-0.05, 0) is 36.4 Å². The molecule has 0 aliphatic carbocycles. The zero-order valence-corrected chi connectivity index (χ0v) is 19.6. The average Bonchev–Trinajstić information content (AvgIpc) is 3.23. The lowest BCUT2D eigenvalue weighted by Crippen LogP contribution is -2.26. The van der Waals surface area contributed by atoms with E-state index in [4.69, 9.17) is 25.8 Å². The van der Waals surface area contributed by atoms with Gasteiger partial charge in [0.15, 0.2) is 11.5 Å². The number of sulfonamides is 1. The van der Waals surface area contributed by atoms with E-state index in [0.29, 0.717) is 40.5 Å². The maximum atomic E-state index is 12.6. The fourth-order valence-electron chi connectivity index (χ4n) is 3.72. The Kier molecular flexibility index (Phi) is 5.87. The second-order valence-electron chi connectivity index (χ2n) is 7.30. The topological polar surface area (TPSA) is 90.3 Å². The molecule has 32 heavy (non-hydrogen) atoms. The molecule has 0 amide bonds.